The Hall–Kier alpha value is -1.70. The first-order valence-electron chi connectivity index (χ1n) is 9.23. The fourth-order valence-electron chi connectivity index (χ4n) is 4.22. The zero-order chi connectivity index (χ0) is 20.0. The van der Waals surface area contributed by atoms with Crippen LogP contribution in [0.1, 0.15) is 31.9 Å². The fourth-order valence-corrected chi connectivity index (χ4v) is 5.37. The molecule has 0 saturated carbocycles. The van der Waals surface area contributed by atoms with E-state index in [2.05, 4.69) is 37.0 Å². The summed E-state index contributed by atoms with van der Waals surface area (Å²) in [5, 5.41) is 6.89. The van der Waals surface area contributed by atoms with Crippen molar-refractivity contribution in [1.82, 2.24) is 9.21 Å². The molecular weight excluding hydrogens is 364 g/mol. The Bertz CT molecular complexity index is 745. The molecule has 0 spiro atoms. The largest absolute Gasteiger partial charge is 0.483 e. The molecule has 2 heterocycles. The monoisotopic (exact) mass is 394 g/mol. The van der Waals surface area contributed by atoms with E-state index >= 15 is 0 Å². The highest BCUT2D eigenvalue weighted by Crippen LogP contribution is 2.45. The summed E-state index contributed by atoms with van der Waals surface area (Å²) in [7, 11) is -3.18. The molecule has 150 valence electrons. The zero-order valence-electron chi connectivity index (χ0n) is 16.3. The molecule has 0 aromatic heterocycles. The molecule has 0 aliphatic carbocycles. The van der Waals surface area contributed by atoms with E-state index in [9.17, 15) is 8.42 Å². The second-order valence-electron chi connectivity index (χ2n) is 7.55. The topological polar surface area (TPSA) is 77.9 Å². The smallest absolute Gasteiger partial charge is 0.290 e. The van der Waals surface area contributed by atoms with Crippen LogP contribution in [0.2, 0.25) is 0 Å². The van der Waals surface area contributed by atoms with E-state index in [-0.39, 0.29) is 12.5 Å². The van der Waals surface area contributed by atoms with Crippen molar-refractivity contribution < 1.29 is 18.3 Å². The van der Waals surface area contributed by atoms with E-state index in [1.165, 1.54) is 11.8 Å². The van der Waals surface area contributed by atoms with Gasteiger partial charge in [0.25, 0.3) is 6.47 Å². The van der Waals surface area contributed by atoms with Gasteiger partial charge in [-0.15, -0.1) is 0 Å². The molecule has 3 atom stereocenters. The first-order chi connectivity index (χ1) is 12.8. The molecular formula is C20H30N2O4S. The van der Waals surface area contributed by atoms with Crippen molar-refractivity contribution in [2.24, 2.45) is 11.8 Å². The van der Waals surface area contributed by atoms with Gasteiger partial charge >= 0.3 is 0 Å². The normalized spacial score (nSPS) is 25.4. The third kappa shape index (κ3) is 5.64. The van der Waals surface area contributed by atoms with Crippen LogP contribution in [0.3, 0.4) is 0 Å². The molecule has 1 aromatic rings. The highest BCUT2D eigenvalue weighted by Gasteiger charge is 2.50. The molecule has 0 unspecified atom stereocenters. The molecule has 7 heteroatoms. The molecule has 2 aliphatic rings. The second kappa shape index (κ2) is 9.48. The molecule has 2 aliphatic heterocycles. The van der Waals surface area contributed by atoms with E-state index in [1.807, 2.05) is 18.2 Å². The number of hydrogen-bond acceptors (Lipinski definition) is 4. The number of benzene rings is 1. The van der Waals surface area contributed by atoms with Gasteiger partial charge in [0.2, 0.25) is 10.0 Å². The minimum atomic E-state index is -3.18. The molecule has 6 nitrogen and oxygen atoms in total. The zero-order valence-corrected chi connectivity index (χ0v) is 17.1. The lowest BCUT2D eigenvalue weighted by Crippen LogP contribution is -2.35. The van der Waals surface area contributed by atoms with E-state index < -0.39 is 10.0 Å². The molecule has 27 heavy (non-hydrogen) atoms. The summed E-state index contributed by atoms with van der Waals surface area (Å²) in [4.78, 5) is 10.9. The predicted molar refractivity (Wildman–Crippen MR) is 107 cm³/mol. The van der Waals surface area contributed by atoms with E-state index in [0.717, 1.165) is 31.6 Å². The Morgan fingerprint density at radius 1 is 1.19 bits per heavy atom. The van der Waals surface area contributed by atoms with Crippen molar-refractivity contribution in [3.63, 3.8) is 0 Å². The summed E-state index contributed by atoms with van der Waals surface area (Å²) in [6, 6.07) is 10.1. The van der Waals surface area contributed by atoms with Crippen molar-refractivity contribution in [3.8, 4) is 0 Å². The van der Waals surface area contributed by atoms with E-state index in [1.54, 1.807) is 4.31 Å². The maximum Gasteiger partial charge on any atom is 0.290 e. The van der Waals surface area contributed by atoms with Crippen LogP contribution in [-0.4, -0.2) is 61.6 Å². The van der Waals surface area contributed by atoms with Gasteiger partial charge in [0, 0.05) is 26.2 Å². The van der Waals surface area contributed by atoms with Crippen LogP contribution < -0.4 is 0 Å². The Kier molecular flexibility index (Phi) is 7.59. The average Bonchev–Trinajstić information content (AvgIpc) is 3.13. The van der Waals surface area contributed by atoms with Crippen LogP contribution in [0.5, 0.6) is 0 Å². The van der Waals surface area contributed by atoms with Crippen molar-refractivity contribution >= 4 is 16.5 Å². The summed E-state index contributed by atoms with van der Waals surface area (Å²) in [6.07, 6.45) is 4.70. The Morgan fingerprint density at radius 3 is 2.37 bits per heavy atom. The van der Waals surface area contributed by atoms with Gasteiger partial charge in [0.1, 0.15) is 0 Å². The van der Waals surface area contributed by atoms with Crippen LogP contribution in [0, 0.1) is 11.8 Å². The lowest BCUT2D eigenvalue weighted by atomic mass is 9.90. The fraction of sp³-hybridized carbons (Fsp3) is 0.550. The van der Waals surface area contributed by atoms with Crippen molar-refractivity contribution in [3.05, 3.63) is 47.5 Å². The molecule has 1 N–H and O–H groups in total. The highest BCUT2D eigenvalue weighted by molar-refractivity contribution is 7.88. The van der Waals surface area contributed by atoms with Gasteiger partial charge in [-0.25, -0.2) is 8.42 Å². The summed E-state index contributed by atoms with van der Waals surface area (Å²) >= 11 is 0. The van der Waals surface area contributed by atoms with Gasteiger partial charge in [0.05, 0.1) is 12.3 Å². The first-order valence-corrected chi connectivity index (χ1v) is 11.1. The third-order valence-corrected chi connectivity index (χ3v) is 6.49. The van der Waals surface area contributed by atoms with Crippen LogP contribution in [0.25, 0.3) is 0 Å². The number of rotatable bonds is 5. The van der Waals surface area contributed by atoms with Crippen LogP contribution in [0.4, 0.5) is 0 Å². The highest BCUT2D eigenvalue weighted by atomic mass is 32.2. The lowest BCUT2D eigenvalue weighted by Gasteiger charge is -2.28. The minimum Gasteiger partial charge on any atom is -0.483 e. The third-order valence-electron chi connectivity index (χ3n) is 5.26. The van der Waals surface area contributed by atoms with E-state index in [4.69, 9.17) is 9.90 Å². The molecule has 2 saturated heterocycles. The number of fused-ring (bicyclic) bond motifs is 1. The van der Waals surface area contributed by atoms with Crippen LogP contribution in [-0.2, 0) is 14.8 Å². The van der Waals surface area contributed by atoms with Crippen LogP contribution in [0.15, 0.2) is 42.0 Å². The second-order valence-corrected chi connectivity index (χ2v) is 9.48. The molecule has 3 rings (SSSR count). The predicted octanol–water partition coefficient (Wildman–Crippen LogP) is 2.61. The Morgan fingerprint density at radius 2 is 1.81 bits per heavy atom. The summed E-state index contributed by atoms with van der Waals surface area (Å²) in [5.41, 5.74) is 2.49. The van der Waals surface area contributed by atoms with Gasteiger partial charge in [-0.2, -0.15) is 4.31 Å². The maximum atomic E-state index is 12.3. The summed E-state index contributed by atoms with van der Waals surface area (Å²) in [6.45, 7) is 7.74. The number of likely N-dealkylation sites (tertiary alicyclic amines) is 1. The summed E-state index contributed by atoms with van der Waals surface area (Å²) in [5.74, 6) is 0.838. The number of carbonyl (C=O) groups is 1. The molecule has 2 fully saturated rings. The SMILES string of the molecule is CC(C)=CCCN1C[C@@H]2CN(S(C)(=O)=O)[C@@H](c3ccccc3)[C@@H]2C1.O=CO. The number of hydrogen-bond donors (Lipinski definition) is 1. The van der Waals surface area contributed by atoms with Gasteiger partial charge in [-0.05, 0) is 37.7 Å². The number of nitrogens with zero attached hydrogens (tertiary/aromatic N) is 2. The first kappa shape index (κ1) is 21.6. The number of carboxylic acid groups (broad SMARTS) is 1. The lowest BCUT2D eigenvalue weighted by molar-refractivity contribution is -0.122. The number of sulfonamides is 1. The number of allylic oxidation sites excluding steroid dienone is 1. The summed E-state index contributed by atoms with van der Waals surface area (Å²) < 4.78 is 26.3. The van der Waals surface area contributed by atoms with E-state index in [0.29, 0.717) is 18.4 Å². The van der Waals surface area contributed by atoms with Crippen molar-refractivity contribution in [1.29, 1.82) is 0 Å². The standard InChI is InChI=1S/C19H28N2O2S.CH2O2/c1-15(2)8-7-11-20-12-17-13-21(24(3,22)23)19(18(17)14-20)16-9-5-4-6-10-16;2-1-3/h4-6,8-10,17-19H,7,11-14H2,1-3H3;1H,(H,2,3)/t17-,18-,19+;/m1./s1. The quantitative estimate of drug-likeness (QED) is 0.614. The van der Waals surface area contributed by atoms with Crippen molar-refractivity contribution in [2.75, 3.05) is 32.4 Å². The van der Waals surface area contributed by atoms with Crippen molar-refractivity contribution in [2.45, 2.75) is 26.3 Å². The molecule has 0 amide bonds. The molecule has 0 radical (unpaired) electrons. The minimum absolute atomic E-state index is 0.0142. The Balaban J connectivity index is 0.000000817. The molecule has 0 bridgehead atoms. The van der Waals surface area contributed by atoms with Gasteiger partial charge in [0.15, 0.2) is 0 Å². The average molecular weight is 395 g/mol. The maximum absolute atomic E-state index is 12.3. The van der Waals surface area contributed by atoms with Gasteiger partial charge < -0.3 is 10.0 Å². The van der Waals surface area contributed by atoms with Gasteiger partial charge in [-0.1, -0.05) is 42.0 Å². The van der Waals surface area contributed by atoms with Crippen LogP contribution >= 0.6 is 0 Å². The van der Waals surface area contributed by atoms with Gasteiger partial charge in [-0.3, -0.25) is 4.79 Å². The molecule has 1 aromatic carbocycles. The Labute approximate surface area is 162 Å².